The van der Waals surface area contributed by atoms with Crippen molar-refractivity contribution in [1.82, 2.24) is 0 Å². The molecule has 0 N–H and O–H groups in total. The molecule has 3 nitrogen and oxygen atoms in total. The molecular formula is C12H28O3Si2. The minimum Gasteiger partial charge on any atom is -0.371 e. The van der Waals surface area contributed by atoms with Crippen molar-refractivity contribution >= 4 is 16.9 Å². The second-order valence-electron chi connectivity index (χ2n) is 5.05. The minimum absolute atomic E-state index is 0.628. The summed E-state index contributed by atoms with van der Waals surface area (Å²) in [6, 6.07) is 0. The monoisotopic (exact) mass is 276 g/mol. The third-order valence-corrected chi connectivity index (χ3v) is 6.84. The zero-order valence-electron chi connectivity index (χ0n) is 12.4. The van der Waals surface area contributed by atoms with Crippen LogP contribution in [-0.2, 0) is 13.3 Å². The molecule has 0 saturated carbocycles. The molecule has 17 heavy (non-hydrogen) atoms. The molecule has 102 valence electrons. The maximum atomic E-state index is 5.87. The molecule has 0 rings (SSSR count). The van der Waals surface area contributed by atoms with Gasteiger partial charge in [0.25, 0.3) is 0 Å². The van der Waals surface area contributed by atoms with E-state index in [1.54, 1.807) is 0 Å². The molecule has 0 unspecified atom stereocenters. The normalized spacial score (nSPS) is 14.2. The first-order valence-electron chi connectivity index (χ1n) is 6.43. The molecule has 0 aromatic rings. The van der Waals surface area contributed by atoms with E-state index < -0.39 is 16.9 Å². The molecule has 0 aliphatic heterocycles. The van der Waals surface area contributed by atoms with Crippen molar-refractivity contribution in [1.29, 1.82) is 0 Å². The van der Waals surface area contributed by atoms with Crippen LogP contribution in [0.2, 0.25) is 19.6 Å². The topological polar surface area (TPSA) is 27.7 Å². The molecule has 0 aliphatic rings. The average Bonchev–Trinajstić information content (AvgIpc) is 2.16. The second-order valence-corrected chi connectivity index (χ2v) is 12.8. The van der Waals surface area contributed by atoms with E-state index in [1.807, 2.05) is 20.8 Å². The molecule has 0 atom stereocenters. The SMILES string of the molecule is CCO[Si](OCC)(OCC)/C(C)=C/[Si](C)(C)C. The highest BCUT2D eigenvalue weighted by atomic mass is 28.4. The Morgan fingerprint density at radius 1 is 0.882 bits per heavy atom. The predicted octanol–water partition coefficient (Wildman–Crippen LogP) is 3.40. The van der Waals surface area contributed by atoms with Crippen molar-refractivity contribution in [2.24, 2.45) is 0 Å². The van der Waals surface area contributed by atoms with Crippen molar-refractivity contribution in [3.8, 4) is 0 Å². The Kier molecular flexibility index (Phi) is 7.50. The highest BCUT2D eigenvalue weighted by molar-refractivity contribution is 6.83. The van der Waals surface area contributed by atoms with Gasteiger partial charge in [-0.1, -0.05) is 25.3 Å². The fraction of sp³-hybridized carbons (Fsp3) is 0.833. The van der Waals surface area contributed by atoms with E-state index in [-0.39, 0.29) is 0 Å². The summed E-state index contributed by atoms with van der Waals surface area (Å²) in [5, 5.41) is 1.17. The Morgan fingerprint density at radius 3 is 1.47 bits per heavy atom. The van der Waals surface area contributed by atoms with Crippen LogP contribution in [0, 0.1) is 0 Å². The summed E-state index contributed by atoms with van der Waals surface area (Å²) in [5.74, 6) is 0. The van der Waals surface area contributed by atoms with Gasteiger partial charge in [0.15, 0.2) is 0 Å². The first-order chi connectivity index (χ1) is 7.81. The zero-order valence-corrected chi connectivity index (χ0v) is 14.4. The van der Waals surface area contributed by atoms with Gasteiger partial charge < -0.3 is 13.3 Å². The van der Waals surface area contributed by atoms with Crippen LogP contribution in [0.3, 0.4) is 0 Å². The van der Waals surface area contributed by atoms with Crippen LogP contribution >= 0.6 is 0 Å². The molecule has 0 saturated heterocycles. The van der Waals surface area contributed by atoms with Crippen LogP contribution in [0.5, 0.6) is 0 Å². The van der Waals surface area contributed by atoms with Crippen molar-refractivity contribution < 1.29 is 13.3 Å². The molecule has 0 amide bonds. The van der Waals surface area contributed by atoms with Gasteiger partial charge in [0.2, 0.25) is 0 Å². The van der Waals surface area contributed by atoms with Crippen molar-refractivity contribution in [3.63, 3.8) is 0 Å². The lowest BCUT2D eigenvalue weighted by Crippen LogP contribution is -2.48. The van der Waals surface area contributed by atoms with Crippen LogP contribution in [0.1, 0.15) is 27.7 Å². The van der Waals surface area contributed by atoms with Gasteiger partial charge in [0.05, 0.1) is 8.07 Å². The average molecular weight is 277 g/mol. The zero-order chi connectivity index (χ0) is 13.5. The van der Waals surface area contributed by atoms with E-state index in [0.29, 0.717) is 19.8 Å². The first kappa shape index (κ1) is 17.1. The quantitative estimate of drug-likeness (QED) is 0.636. The standard InChI is InChI=1S/C12H28O3Si2/c1-8-13-17(14-9-2,15-10-3)12(4)11-16(5,6)7/h11H,8-10H2,1-7H3/b12-11+. The van der Waals surface area contributed by atoms with Gasteiger partial charge in [-0.2, -0.15) is 0 Å². The lowest BCUT2D eigenvalue weighted by molar-refractivity contribution is 0.0808. The summed E-state index contributed by atoms with van der Waals surface area (Å²) in [6.07, 6.45) is 0. The third kappa shape index (κ3) is 5.97. The van der Waals surface area contributed by atoms with E-state index in [1.165, 1.54) is 5.20 Å². The van der Waals surface area contributed by atoms with Crippen LogP contribution in [0.4, 0.5) is 0 Å². The largest absolute Gasteiger partial charge is 0.531 e. The number of hydrogen-bond donors (Lipinski definition) is 0. The lowest BCUT2D eigenvalue weighted by Gasteiger charge is -2.30. The van der Waals surface area contributed by atoms with Gasteiger partial charge in [-0.3, -0.25) is 0 Å². The molecule has 0 radical (unpaired) electrons. The van der Waals surface area contributed by atoms with E-state index in [9.17, 15) is 0 Å². The maximum Gasteiger partial charge on any atom is 0.531 e. The second kappa shape index (κ2) is 7.48. The molecule has 0 aromatic heterocycles. The van der Waals surface area contributed by atoms with E-state index >= 15 is 0 Å². The number of allylic oxidation sites excluding steroid dienone is 1. The summed E-state index contributed by atoms with van der Waals surface area (Å²) < 4.78 is 17.6. The van der Waals surface area contributed by atoms with Crippen molar-refractivity contribution in [2.75, 3.05) is 19.8 Å². The van der Waals surface area contributed by atoms with Crippen molar-refractivity contribution in [3.05, 3.63) is 10.9 Å². The summed E-state index contributed by atoms with van der Waals surface area (Å²) >= 11 is 0. The van der Waals surface area contributed by atoms with E-state index in [2.05, 4.69) is 32.3 Å². The summed E-state index contributed by atoms with van der Waals surface area (Å²) in [5.41, 5.74) is 2.33. The van der Waals surface area contributed by atoms with Gasteiger partial charge in [0, 0.05) is 19.8 Å². The van der Waals surface area contributed by atoms with Gasteiger partial charge in [-0.05, 0) is 32.9 Å². The molecular weight excluding hydrogens is 248 g/mol. The molecule has 0 aromatic carbocycles. The van der Waals surface area contributed by atoms with Crippen LogP contribution in [0.15, 0.2) is 10.9 Å². The van der Waals surface area contributed by atoms with Gasteiger partial charge >= 0.3 is 8.80 Å². The Balaban J connectivity index is 5.17. The molecule has 5 heteroatoms. The number of hydrogen-bond acceptors (Lipinski definition) is 3. The Bertz CT molecular complexity index is 230. The fourth-order valence-electron chi connectivity index (χ4n) is 1.77. The molecule has 0 fully saturated rings. The van der Waals surface area contributed by atoms with Crippen LogP contribution < -0.4 is 0 Å². The van der Waals surface area contributed by atoms with E-state index in [4.69, 9.17) is 13.3 Å². The molecule has 0 spiro atoms. The Hall–Kier alpha value is 0.0538. The highest BCUT2D eigenvalue weighted by Crippen LogP contribution is 2.22. The lowest BCUT2D eigenvalue weighted by atomic mass is 10.7. The molecule has 0 aliphatic carbocycles. The number of rotatable bonds is 8. The Morgan fingerprint density at radius 2 is 1.24 bits per heavy atom. The maximum absolute atomic E-state index is 5.87. The smallest absolute Gasteiger partial charge is 0.371 e. The van der Waals surface area contributed by atoms with Gasteiger partial charge in [0.1, 0.15) is 0 Å². The van der Waals surface area contributed by atoms with Crippen LogP contribution in [0.25, 0.3) is 0 Å². The van der Waals surface area contributed by atoms with Crippen LogP contribution in [-0.4, -0.2) is 36.7 Å². The fourth-order valence-corrected chi connectivity index (χ4v) is 7.15. The Labute approximate surface area is 109 Å². The first-order valence-corrected chi connectivity index (χ1v) is 11.7. The minimum atomic E-state index is -2.61. The molecule has 0 heterocycles. The van der Waals surface area contributed by atoms with E-state index in [0.717, 1.165) is 0 Å². The van der Waals surface area contributed by atoms with Gasteiger partial charge in [-0.25, -0.2) is 0 Å². The van der Waals surface area contributed by atoms with Gasteiger partial charge in [-0.15, -0.1) is 0 Å². The van der Waals surface area contributed by atoms with Crippen molar-refractivity contribution in [2.45, 2.75) is 47.3 Å². The summed E-state index contributed by atoms with van der Waals surface area (Å²) in [6.45, 7) is 16.9. The summed E-state index contributed by atoms with van der Waals surface area (Å²) in [4.78, 5) is 0. The third-order valence-electron chi connectivity index (χ3n) is 2.14. The predicted molar refractivity (Wildman–Crippen MR) is 77.7 cm³/mol. The molecule has 0 bridgehead atoms. The highest BCUT2D eigenvalue weighted by Gasteiger charge is 2.43. The summed E-state index contributed by atoms with van der Waals surface area (Å²) in [7, 11) is -3.90.